The Bertz CT molecular complexity index is 754. The third-order valence-corrected chi connectivity index (χ3v) is 5.14. The highest BCUT2D eigenvalue weighted by molar-refractivity contribution is 5.88. The third kappa shape index (κ3) is 3.22. The van der Waals surface area contributed by atoms with E-state index in [1.54, 1.807) is 6.20 Å². The molecule has 1 amide bonds. The van der Waals surface area contributed by atoms with Crippen LogP contribution in [-0.4, -0.2) is 21.3 Å². The lowest BCUT2D eigenvalue weighted by atomic mass is 9.88. The number of nitrogens with zero attached hydrogens (tertiary/aromatic N) is 2. The Morgan fingerprint density at radius 1 is 1.28 bits per heavy atom. The van der Waals surface area contributed by atoms with Crippen molar-refractivity contribution in [3.8, 4) is 0 Å². The zero-order chi connectivity index (χ0) is 18.0. The second-order valence-corrected chi connectivity index (χ2v) is 7.04. The summed E-state index contributed by atoms with van der Waals surface area (Å²) in [5, 5.41) is 3.52. The van der Waals surface area contributed by atoms with Gasteiger partial charge in [0.25, 0.3) is 0 Å². The zero-order valence-corrected chi connectivity index (χ0v) is 15.1. The lowest BCUT2D eigenvalue weighted by Gasteiger charge is -2.26. The number of carbonyl (C=O) groups excluding carboxylic acids is 1. The fourth-order valence-electron chi connectivity index (χ4n) is 3.14. The smallest absolute Gasteiger partial charge is 0.244 e. The van der Waals surface area contributed by atoms with E-state index in [1.165, 1.54) is 0 Å². The first-order valence-corrected chi connectivity index (χ1v) is 8.67. The summed E-state index contributed by atoms with van der Waals surface area (Å²) in [5.41, 5.74) is 2.43. The summed E-state index contributed by atoms with van der Waals surface area (Å²) in [5.74, 6) is 0.297. The van der Waals surface area contributed by atoms with Crippen LogP contribution in [0.25, 0.3) is 6.08 Å². The van der Waals surface area contributed by atoms with Crippen LogP contribution in [0.1, 0.15) is 43.8 Å². The Kier molecular flexibility index (Phi) is 4.73. The average Bonchev–Trinajstić information content (AvgIpc) is 2.89. The van der Waals surface area contributed by atoms with Gasteiger partial charge < -0.3 is 4.90 Å². The summed E-state index contributed by atoms with van der Waals surface area (Å²) < 4.78 is 0. The molecule has 1 aromatic carbocycles. The van der Waals surface area contributed by atoms with E-state index >= 15 is 0 Å². The summed E-state index contributed by atoms with van der Waals surface area (Å²) in [6.07, 6.45) is 3.36. The molecule has 1 fully saturated rings. The molecule has 1 N–H and O–H groups in total. The summed E-state index contributed by atoms with van der Waals surface area (Å²) in [4.78, 5) is 19.6. The van der Waals surface area contributed by atoms with E-state index in [9.17, 15) is 4.79 Å². The van der Waals surface area contributed by atoms with Crippen molar-refractivity contribution in [2.75, 3.05) is 0 Å². The first-order chi connectivity index (χ1) is 12.0. The summed E-state index contributed by atoms with van der Waals surface area (Å²) in [7, 11) is 0. The highest BCUT2D eigenvalue weighted by Crippen LogP contribution is 2.35. The van der Waals surface area contributed by atoms with Crippen LogP contribution in [0.2, 0.25) is 0 Å². The fourth-order valence-corrected chi connectivity index (χ4v) is 3.14. The van der Waals surface area contributed by atoms with Gasteiger partial charge in [0, 0.05) is 12.7 Å². The van der Waals surface area contributed by atoms with Gasteiger partial charge in [-0.25, -0.2) is 0 Å². The Hall–Kier alpha value is -2.46. The monoisotopic (exact) mass is 335 g/mol. The van der Waals surface area contributed by atoms with Crippen LogP contribution in [-0.2, 0) is 11.3 Å². The summed E-state index contributed by atoms with van der Waals surface area (Å²) >= 11 is 0. The highest BCUT2D eigenvalue weighted by atomic mass is 16.2. The number of benzene rings is 1. The largest absolute Gasteiger partial charge is 0.315 e. The van der Waals surface area contributed by atoms with Crippen LogP contribution >= 0.6 is 0 Å². The van der Waals surface area contributed by atoms with Crippen molar-refractivity contribution < 1.29 is 4.79 Å². The van der Waals surface area contributed by atoms with Crippen molar-refractivity contribution in [1.29, 1.82) is 0 Å². The normalized spacial score (nSPS) is 23.3. The van der Waals surface area contributed by atoms with Crippen LogP contribution in [0, 0.1) is 5.92 Å². The van der Waals surface area contributed by atoms with Gasteiger partial charge in [0.15, 0.2) is 0 Å². The van der Waals surface area contributed by atoms with Gasteiger partial charge in [-0.15, -0.1) is 0 Å². The van der Waals surface area contributed by atoms with Crippen LogP contribution in [0.5, 0.6) is 0 Å². The maximum Gasteiger partial charge on any atom is 0.244 e. The summed E-state index contributed by atoms with van der Waals surface area (Å²) in [6.45, 7) is 10.5. The van der Waals surface area contributed by atoms with E-state index in [-0.39, 0.29) is 18.0 Å². The molecule has 1 aromatic heterocycles. The van der Waals surface area contributed by atoms with E-state index in [1.807, 2.05) is 60.4 Å². The first kappa shape index (κ1) is 17.4. The van der Waals surface area contributed by atoms with Gasteiger partial charge in [-0.1, -0.05) is 56.8 Å². The van der Waals surface area contributed by atoms with Crippen molar-refractivity contribution in [2.24, 2.45) is 5.92 Å². The van der Waals surface area contributed by atoms with Crippen LogP contribution in [0.3, 0.4) is 0 Å². The molecule has 4 heteroatoms. The minimum absolute atomic E-state index is 0.117. The molecular formula is C21H25N3O. The quantitative estimate of drug-likeness (QED) is 0.905. The predicted molar refractivity (Wildman–Crippen MR) is 100 cm³/mol. The van der Waals surface area contributed by atoms with Gasteiger partial charge in [-0.3, -0.25) is 15.1 Å². The second-order valence-electron chi connectivity index (χ2n) is 7.04. The van der Waals surface area contributed by atoms with Gasteiger partial charge in [0.05, 0.1) is 11.2 Å². The van der Waals surface area contributed by atoms with Crippen molar-refractivity contribution in [2.45, 2.75) is 39.0 Å². The molecular weight excluding hydrogens is 310 g/mol. The summed E-state index contributed by atoms with van der Waals surface area (Å²) in [6, 6.07) is 13.9. The number of hydrogen-bond donors (Lipinski definition) is 1. The SMILES string of the molecule is C=Cc1ccc(CN2C(=O)[C@](C)(C(C)C)N[C@@H]2c2ccccn2)cc1. The molecule has 2 atom stereocenters. The second kappa shape index (κ2) is 6.81. The van der Waals surface area contributed by atoms with Gasteiger partial charge >= 0.3 is 0 Å². The van der Waals surface area contributed by atoms with Crippen molar-refractivity contribution >= 4 is 12.0 Å². The van der Waals surface area contributed by atoms with Crippen molar-refractivity contribution in [3.05, 3.63) is 72.1 Å². The predicted octanol–water partition coefficient (Wildman–Crippen LogP) is 3.77. The number of aromatic nitrogens is 1. The van der Waals surface area contributed by atoms with Gasteiger partial charge in [0.2, 0.25) is 5.91 Å². The molecule has 1 aliphatic rings. The molecule has 0 radical (unpaired) electrons. The number of carbonyl (C=O) groups is 1. The van der Waals surface area contributed by atoms with Gasteiger partial charge in [-0.05, 0) is 36.1 Å². The van der Waals surface area contributed by atoms with E-state index < -0.39 is 5.54 Å². The van der Waals surface area contributed by atoms with E-state index in [4.69, 9.17) is 0 Å². The molecule has 2 heterocycles. The van der Waals surface area contributed by atoms with Gasteiger partial charge in [0.1, 0.15) is 6.17 Å². The van der Waals surface area contributed by atoms with Gasteiger partial charge in [-0.2, -0.15) is 0 Å². The zero-order valence-electron chi connectivity index (χ0n) is 15.1. The molecule has 0 bridgehead atoms. The van der Waals surface area contributed by atoms with Crippen LogP contribution in [0.15, 0.2) is 55.2 Å². The van der Waals surface area contributed by atoms with Crippen LogP contribution < -0.4 is 5.32 Å². The van der Waals surface area contributed by atoms with Crippen LogP contribution in [0.4, 0.5) is 0 Å². The molecule has 0 saturated carbocycles. The molecule has 2 aromatic rings. The topological polar surface area (TPSA) is 45.2 Å². The number of hydrogen-bond acceptors (Lipinski definition) is 3. The number of pyridine rings is 1. The molecule has 0 spiro atoms. The molecule has 130 valence electrons. The number of rotatable bonds is 5. The molecule has 3 rings (SSSR count). The highest BCUT2D eigenvalue weighted by Gasteiger charge is 2.50. The first-order valence-electron chi connectivity index (χ1n) is 8.67. The fraction of sp³-hybridized carbons (Fsp3) is 0.333. The lowest BCUT2D eigenvalue weighted by molar-refractivity contribution is -0.134. The van der Waals surface area contributed by atoms with E-state index in [0.29, 0.717) is 6.54 Å². The maximum absolute atomic E-state index is 13.2. The molecule has 1 saturated heterocycles. The minimum atomic E-state index is -0.594. The Morgan fingerprint density at radius 2 is 2.00 bits per heavy atom. The Morgan fingerprint density at radius 3 is 2.56 bits per heavy atom. The lowest BCUT2D eigenvalue weighted by Crippen LogP contribution is -2.48. The number of nitrogens with one attached hydrogen (secondary N) is 1. The molecule has 25 heavy (non-hydrogen) atoms. The van der Waals surface area contributed by atoms with Crippen molar-refractivity contribution in [3.63, 3.8) is 0 Å². The molecule has 4 nitrogen and oxygen atoms in total. The van der Waals surface area contributed by atoms with E-state index in [0.717, 1.165) is 16.8 Å². The Balaban J connectivity index is 1.94. The average molecular weight is 335 g/mol. The van der Waals surface area contributed by atoms with E-state index in [2.05, 4.69) is 30.7 Å². The number of amides is 1. The molecule has 1 aliphatic heterocycles. The molecule has 0 unspecified atom stereocenters. The third-order valence-electron chi connectivity index (χ3n) is 5.14. The standard InChI is InChI=1S/C21H25N3O/c1-5-16-9-11-17(12-10-16)14-24-19(18-8-6-7-13-22-18)23-21(4,15(2)3)20(24)25/h5-13,15,19,23H,1,14H2,2-4H3/t19-,21-/m0/s1. The minimum Gasteiger partial charge on any atom is -0.315 e. The molecule has 0 aliphatic carbocycles. The maximum atomic E-state index is 13.2. The Labute approximate surface area is 149 Å². The van der Waals surface area contributed by atoms with Crippen molar-refractivity contribution in [1.82, 2.24) is 15.2 Å².